The lowest BCUT2D eigenvalue weighted by atomic mass is 10.1. The Kier molecular flexibility index (Phi) is 10.1. The van der Waals surface area contributed by atoms with Gasteiger partial charge in [0.25, 0.3) is 0 Å². The van der Waals surface area contributed by atoms with E-state index in [4.69, 9.17) is 4.99 Å². The second-order valence-corrected chi connectivity index (χ2v) is 8.56. The molecular formula is C25H37IN6. The molecule has 2 aliphatic rings. The molecule has 0 spiro atoms. The number of pyridine rings is 1. The van der Waals surface area contributed by atoms with Crippen molar-refractivity contribution in [2.75, 3.05) is 37.6 Å². The fraction of sp³-hybridized carbons (Fsp3) is 0.520. The van der Waals surface area contributed by atoms with E-state index in [1.165, 1.54) is 55.5 Å². The zero-order valence-electron chi connectivity index (χ0n) is 19.2. The molecule has 0 atom stereocenters. The third-order valence-electron chi connectivity index (χ3n) is 6.09. The fourth-order valence-electron chi connectivity index (χ4n) is 4.34. The van der Waals surface area contributed by atoms with Crippen molar-refractivity contribution >= 4 is 35.8 Å². The number of hydrogen-bond acceptors (Lipinski definition) is 4. The second kappa shape index (κ2) is 13.0. The van der Waals surface area contributed by atoms with Crippen LogP contribution in [0.5, 0.6) is 0 Å². The van der Waals surface area contributed by atoms with Crippen molar-refractivity contribution in [3.05, 3.63) is 59.3 Å². The largest absolute Gasteiger partial charge is 0.357 e. The molecular weight excluding hydrogens is 511 g/mol. The van der Waals surface area contributed by atoms with Gasteiger partial charge in [-0.3, -0.25) is 4.90 Å². The van der Waals surface area contributed by atoms with Gasteiger partial charge in [0.1, 0.15) is 5.82 Å². The van der Waals surface area contributed by atoms with Crippen molar-refractivity contribution in [3.63, 3.8) is 0 Å². The number of aliphatic imine (C=N–C) groups is 1. The smallest absolute Gasteiger partial charge is 0.191 e. The molecule has 3 heterocycles. The third-order valence-corrected chi connectivity index (χ3v) is 6.09. The minimum atomic E-state index is 0. The zero-order chi connectivity index (χ0) is 21.3. The Balaban J connectivity index is 0.00000289. The van der Waals surface area contributed by atoms with Gasteiger partial charge in [0.05, 0.1) is 6.54 Å². The summed E-state index contributed by atoms with van der Waals surface area (Å²) >= 11 is 0. The predicted molar refractivity (Wildman–Crippen MR) is 144 cm³/mol. The summed E-state index contributed by atoms with van der Waals surface area (Å²) in [5, 5.41) is 6.83. The molecule has 32 heavy (non-hydrogen) atoms. The highest BCUT2D eigenvalue weighted by atomic mass is 127. The van der Waals surface area contributed by atoms with E-state index in [2.05, 4.69) is 68.7 Å². The van der Waals surface area contributed by atoms with Crippen molar-refractivity contribution < 1.29 is 0 Å². The maximum Gasteiger partial charge on any atom is 0.191 e. The molecule has 7 heteroatoms. The quantitative estimate of drug-likeness (QED) is 0.295. The van der Waals surface area contributed by atoms with Crippen LogP contribution in [0, 0.1) is 0 Å². The Bertz CT molecular complexity index is 842. The van der Waals surface area contributed by atoms with Gasteiger partial charge in [-0.15, -0.1) is 24.0 Å². The van der Waals surface area contributed by atoms with E-state index >= 15 is 0 Å². The van der Waals surface area contributed by atoms with Crippen LogP contribution in [0.15, 0.2) is 47.6 Å². The lowest BCUT2D eigenvalue weighted by Gasteiger charge is -2.17. The molecule has 0 bridgehead atoms. The van der Waals surface area contributed by atoms with Crippen molar-refractivity contribution in [3.8, 4) is 0 Å². The van der Waals surface area contributed by atoms with Crippen LogP contribution in [0.2, 0.25) is 0 Å². The Morgan fingerprint density at radius 3 is 2.31 bits per heavy atom. The van der Waals surface area contributed by atoms with Gasteiger partial charge in [0, 0.05) is 38.9 Å². The van der Waals surface area contributed by atoms with E-state index in [0.717, 1.165) is 44.5 Å². The first-order chi connectivity index (χ1) is 15.3. The summed E-state index contributed by atoms with van der Waals surface area (Å²) in [7, 11) is 0. The van der Waals surface area contributed by atoms with Crippen LogP contribution in [0.3, 0.4) is 0 Å². The van der Waals surface area contributed by atoms with Gasteiger partial charge in [0.15, 0.2) is 5.96 Å². The van der Waals surface area contributed by atoms with Crippen LogP contribution in [-0.2, 0) is 19.6 Å². The topological polar surface area (TPSA) is 55.8 Å². The average molecular weight is 549 g/mol. The fourth-order valence-corrected chi connectivity index (χ4v) is 4.34. The van der Waals surface area contributed by atoms with Crippen molar-refractivity contribution in [2.45, 2.75) is 52.2 Å². The molecule has 2 aliphatic heterocycles. The molecule has 4 rings (SSSR count). The van der Waals surface area contributed by atoms with E-state index in [1.807, 2.05) is 6.20 Å². The highest BCUT2D eigenvalue weighted by Crippen LogP contribution is 2.19. The minimum Gasteiger partial charge on any atom is -0.357 e. The summed E-state index contributed by atoms with van der Waals surface area (Å²) in [6.45, 7) is 10.1. The van der Waals surface area contributed by atoms with Crippen molar-refractivity contribution in [2.24, 2.45) is 4.99 Å². The number of nitrogens with zero attached hydrogens (tertiary/aromatic N) is 4. The first kappa shape index (κ1) is 24.8. The summed E-state index contributed by atoms with van der Waals surface area (Å²) in [6.07, 6.45) is 7.11. The Labute approximate surface area is 209 Å². The van der Waals surface area contributed by atoms with E-state index in [1.54, 1.807) is 0 Å². The monoisotopic (exact) mass is 548 g/mol. The van der Waals surface area contributed by atoms with Crippen LogP contribution < -0.4 is 15.5 Å². The molecule has 1 aromatic heterocycles. The molecule has 6 nitrogen and oxygen atoms in total. The highest BCUT2D eigenvalue weighted by molar-refractivity contribution is 14.0. The predicted octanol–water partition coefficient (Wildman–Crippen LogP) is 4.15. The highest BCUT2D eigenvalue weighted by Gasteiger charge is 2.14. The van der Waals surface area contributed by atoms with E-state index < -0.39 is 0 Å². The molecule has 0 saturated carbocycles. The van der Waals surface area contributed by atoms with E-state index in [-0.39, 0.29) is 24.0 Å². The average Bonchev–Trinajstić information content (AvgIpc) is 3.51. The molecule has 2 aromatic rings. The zero-order valence-corrected chi connectivity index (χ0v) is 21.6. The van der Waals surface area contributed by atoms with Gasteiger partial charge in [-0.25, -0.2) is 9.98 Å². The van der Waals surface area contributed by atoms with Crippen molar-refractivity contribution in [1.82, 2.24) is 20.5 Å². The summed E-state index contributed by atoms with van der Waals surface area (Å²) in [4.78, 5) is 14.2. The first-order valence-electron chi connectivity index (χ1n) is 11.8. The SMILES string of the molecule is CCNC(=NCc1ccnc(N2CCCC2)c1)NCc1ccc(CN2CCCC2)cc1.I. The number of hydrogen-bond donors (Lipinski definition) is 2. The lowest BCUT2D eigenvalue weighted by molar-refractivity contribution is 0.331. The van der Waals surface area contributed by atoms with Gasteiger partial charge in [-0.1, -0.05) is 24.3 Å². The van der Waals surface area contributed by atoms with Crippen molar-refractivity contribution in [1.29, 1.82) is 0 Å². The van der Waals surface area contributed by atoms with Crippen LogP contribution in [-0.4, -0.2) is 48.6 Å². The molecule has 2 saturated heterocycles. The van der Waals surface area contributed by atoms with Gasteiger partial charge < -0.3 is 15.5 Å². The number of halogens is 1. The van der Waals surface area contributed by atoms with Gasteiger partial charge in [0.2, 0.25) is 0 Å². The van der Waals surface area contributed by atoms with Crippen LogP contribution >= 0.6 is 24.0 Å². The maximum absolute atomic E-state index is 4.79. The Morgan fingerprint density at radius 2 is 1.59 bits per heavy atom. The molecule has 174 valence electrons. The Hall–Kier alpha value is -1.87. The van der Waals surface area contributed by atoms with Gasteiger partial charge in [-0.05, 0) is 74.5 Å². The number of likely N-dealkylation sites (tertiary alicyclic amines) is 1. The lowest BCUT2D eigenvalue weighted by Crippen LogP contribution is -2.36. The summed E-state index contributed by atoms with van der Waals surface area (Å²) < 4.78 is 0. The normalized spacial score (nSPS) is 16.8. The standard InChI is InChI=1S/C25H36N6.HI/c1-2-26-25(29-19-23-11-12-27-24(17-23)31-15-5-6-16-31)28-18-21-7-9-22(10-8-21)20-30-13-3-4-14-30;/h7-12,17H,2-6,13-16,18-20H2,1H3,(H2,26,28,29);1H. The third kappa shape index (κ3) is 7.33. The number of nitrogens with one attached hydrogen (secondary N) is 2. The Morgan fingerprint density at radius 1 is 0.906 bits per heavy atom. The number of benzene rings is 1. The molecule has 0 unspecified atom stereocenters. The molecule has 0 aliphatic carbocycles. The summed E-state index contributed by atoms with van der Waals surface area (Å²) in [5.41, 5.74) is 3.87. The maximum atomic E-state index is 4.79. The molecule has 0 amide bonds. The van der Waals surface area contributed by atoms with Crippen LogP contribution in [0.25, 0.3) is 0 Å². The number of anilines is 1. The number of aromatic nitrogens is 1. The molecule has 0 radical (unpaired) electrons. The summed E-state index contributed by atoms with van der Waals surface area (Å²) in [5.74, 6) is 1.93. The minimum absolute atomic E-state index is 0. The summed E-state index contributed by atoms with van der Waals surface area (Å²) in [6, 6.07) is 13.2. The van der Waals surface area contributed by atoms with E-state index in [9.17, 15) is 0 Å². The molecule has 2 fully saturated rings. The van der Waals surface area contributed by atoms with Gasteiger partial charge >= 0.3 is 0 Å². The number of guanidine groups is 1. The van der Waals surface area contributed by atoms with Crippen LogP contribution in [0.1, 0.15) is 49.3 Å². The molecule has 1 aromatic carbocycles. The second-order valence-electron chi connectivity index (χ2n) is 8.56. The number of rotatable bonds is 8. The van der Waals surface area contributed by atoms with E-state index in [0.29, 0.717) is 6.54 Å². The van der Waals surface area contributed by atoms with Gasteiger partial charge in [-0.2, -0.15) is 0 Å². The van der Waals surface area contributed by atoms with Crippen LogP contribution in [0.4, 0.5) is 5.82 Å². The first-order valence-corrected chi connectivity index (χ1v) is 11.8. The molecule has 2 N–H and O–H groups in total.